The van der Waals surface area contributed by atoms with E-state index in [1.807, 2.05) is 12.1 Å². The molecule has 0 saturated heterocycles. The molecule has 0 radical (unpaired) electrons. The molecule has 0 aliphatic heterocycles. The Morgan fingerprint density at radius 2 is 1.94 bits per heavy atom. The topological polar surface area (TPSA) is 48.1 Å². The van der Waals surface area contributed by atoms with Crippen molar-refractivity contribution in [2.45, 2.75) is 52.0 Å². The Hall–Kier alpha value is -1.09. The van der Waals surface area contributed by atoms with E-state index in [0.717, 1.165) is 18.6 Å². The molecule has 1 aromatic heterocycles. The van der Waals surface area contributed by atoms with Crippen LogP contribution in [0.5, 0.6) is 5.88 Å². The van der Waals surface area contributed by atoms with Crippen LogP contribution in [-0.2, 0) is 6.54 Å². The number of pyridine rings is 1. The van der Waals surface area contributed by atoms with Crippen molar-refractivity contribution in [3.05, 3.63) is 23.9 Å². The van der Waals surface area contributed by atoms with Gasteiger partial charge in [0, 0.05) is 18.3 Å². The number of nitrogens with two attached hydrogens (primary N) is 1. The number of hydrogen-bond acceptors (Lipinski definition) is 3. The minimum absolute atomic E-state index is 0.486. The highest BCUT2D eigenvalue weighted by Gasteiger charge is 2.01. The van der Waals surface area contributed by atoms with Gasteiger partial charge in [-0.2, -0.15) is 0 Å². The van der Waals surface area contributed by atoms with Crippen LogP contribution < -0.4 is 10.5 Å². The predicted octanol–water partition coefficient (Wildman–Crippen LogP) is 3.28. The second-order valence-corrected chi connectivity index (χ2v) is 4.29. The van der Waals surface area contributed by atoms with Crippen LogP contribution >= 0.6 is 0 Å². The van der Waals surface area contributed by atoms with E-state index in [4.69, 9.17) is 10.5 Å². The summed E-state index contributed by atoms with van der Waals surface area (Å²) in [6.07, 6.45) is 9.38. The third-order valence-corrected chi connectivity index (χ3v) is 2.81. The lowest BCUT2D eigenvalue weighted by Crippen LogP contribution is -2.05. The summed E-state index contributed by atoms with van der Waals surface area (Å²) in [5.74, 6) is 0.698. The summed E-state index contributed by atoms with van der Waals surface area (Å²) in [6, 6.07) is 3.85. The second-order valence-electron chi connectivity index (χ2n) is 4.29. The van der Waals surface area contributed by atoms with Crippen molar-refractivity contribution in [3.8, 4) is 5.88 Å². The van der Waals surface area contributed by atoms with Crippen molar-refractivity contribution < 1.29 is 4.74 Å². The van der Waals surface area contributed by atoms with E-state index in [2.05, 4.69) is 11.9 Å². The molecule has 0 spiro atoms. The van der Waals surface area contributed by atoms with Gasteiger partial charge in [-0.15, -0.1) is 0 Å². The molecule has 2 N–H and O–H groups in total. The summed E-state index contributed by atoms with van der Waals surface area (Å²) in [5, 5.41) is 0. The van der Waals surface area contributed by atoms with Crippen LogP contribution in [0.25, 0.3) is 0 Å². The molecule has 1 heterocycles. The van der Waals surface area contributed by atoms with Gasteiger partial charge >= 0.3 is 0 Å². The highest BCUT2D eigenvalue weighted by Crippen LogP contribution is 2.14. The maximum atomic E-state index is 5.64. The summed E-state index contributed by atoms with van der Waals surface area (Å²) < 4.78 is 5.64. The van der Waals surface area contributed by atoms with Gasteiger partial charge in [-0.25, -0.2) is 4.98 Å². The molecule has 0 atom stereocenters. The lowest BCUT2D eigenvalue weighted by atomic mass is 10.1. The normalized spacial score (nSPS) is 10.5. The summed E-state index contributed by atoms with van der Waals surface area (Å²) in [7, 11) is 0. The maximum Gasteiger partial charge on any atom is 0.217 e. The molecule has 0 unspecified atom stereocenters. The van der Waals surface area contributed by atoms with Crippen LogP contribution in [0.3, 0.4) is 0 Å². The Morgan fingerprint density at radius 1 is 1.18 bits per heavy atom. The molecule has 3 heteroatoms. The van der Waals surface area contributed by atoms with Crippen LogP contribution in [0.1, 0.15) is 51.0 Å². The van der Waals surface area contributed by atoms with E-state index in [9.17, 15) is 0 Å². The van der Waals surface area contributed by atoms with Crippen molar-refractivity contribution in [1.82, 2.24) is 4.98 Å². The molecule has 0 bridgehead atoms. The Bertz CT molecular complexity index is 302. The summed E-state index contributed by atoms with van der Waals surface area (Å²) >= 11 is 0. The van der Waals surface area contributed by atoms with Crippen molar-refractivity contribution in [1.29, 1.82) is 0 Å². The van der Waals surface area contributed by atoms with Gasteiger partial charge in [0.05, 0.1) is 6.61 Å². The van der Waals surface area contributed by atoms with Gasteiger partial charge in [0.25, 0.3) is 0 Å². The largest absolute Gasteiger partial charge is 0.477 e. The van der Waals surface area contributed by atoms with E-state index in [0.29, 0.717) is 12.4 Å². The fraction of sp³-hybridized carbons (Fsp3) is 0.643. The van der Waals surface area contributed by atoms with E-state index in [1.165, 1.54) is 32.1 Å². The third-order valence-electron chi connectivity index (χ3n) is 2.81. The van der Waals surface area contributed by atoms with Gasteiger partial charge in [0.2, 0.25) is 5.88 Å². The molecule has 1 aromatic rings. The number of rotatable bonds is 9. The molecule has 0 fully saturated rings. The Morgan fingerprint density at radius 3 is 2.71 bits per heavy atom. The fourth-order valence-electron chi connectivity index (χ4n) is 1.76. The molecule has 0 aliphatic carbocycles. The van der Waals surface area contributed by atoms with E-state index >= 15 is 0 Å². The molecular weight excluding hydrogens is 212 g/mol. The summed E-state index contributed by atoms with van der Waals surface area (Å²) in [5.41, 5.74) is 6.60. The molecular formula is C14H24N2O. The van der Waals surface area contributed by atoms with Crippen LogP contribution in [0.4, 0.5) is 0 Å². The first-order valence-corrected chi connectivity index (χ1v) is 6.65. The average Bonchev–Trinajstić information content (AvgIpc) is 2.38. The zero-order chi connectivity index (χ0) is 12.3. The van der Waals surface area contributed by atoms with Gasteiger partial charge in [0.1, 0.15) is 0 Å². The lowest BCUT2D eigenvalue weighted by molar-refractivity contribution is 0.290. The first-order valence-electron chi connectivity index (χ1n) is 6.65. The SMILES string of the molecule is CCCCCCCCOc1ncccc1CN. The van der Waals surface area contributed by atoms with E-state index < -0.39 is 0 Å². The Labute approximate surface area is 104 Å². The molecule has 1 rings (SSSR count). The minimum Gasteiger partial charge on any atom is -0.477 e. The van der Waals surface area contributed by atoms with Crippen LogP contribution in [0.15, 0.2) is 18.3 Å². The van der Waals surface area contributed by atoms with Gasteiger partial charge in [-0.1, -0.05) is 45.1 Å². The number of unbranched alkanes of at least 4 members (excludes halogenated alkanes) is 5. The van der Waals surface area contributed by atoms with Crippen LogP contribution in [0, 0.1) is 0 Å². The molecule has 3 nitrogen and oxygen atoms in total. The number of nitrogens with zero attached hydrogens (tertiary/aromatic N) is 1. The summed E-state index contributed by atoms with van der Waals surface area (Å²) in [6.45, 7) is 3.47. The molecule has 0 aromatic carbocycles. The predicted molar refractivity (Wildman–Crippen MR) is 71.0 cm³/mol. The van der Waals surface area contributed by atoms with E-state index in [-0.39, 0.29) is 0 Å². The highest BCUT2D eigenvalue weighted by atomic mass is 16.5. The minimum atomic E-state index is 0.486. The Kier molecular flexibility index (Phi) is 7.39. The molecule has 0 aliphatic rings. The molecule has 0 saturated carbocycles. The Balaban J connectivity index is 2.13. The summed E-state index contributed by atoms with van der Waals surface area (Å²) in [4.78, 5) is 4.19. The first kappa shape index (κ1) is 14.0. The van der Waals surface area contributed by atoms with Crippen LogP contribution in [-0.4, -0.2) is 11.6 Å². The zero-order valence-corrected chi connectivity index (χ0v) is 10.8. The quantitative estimate of drug-likeness (QED) is 0.669. The smallest absolute Gasteiger partial charge is 0.217 e. The number of aromatic nitrogens is 1. The molecule has 0 amide bonds. The monoisotopic (exact) mass is 236 g/mol. The van der Waals surface area contributed by atoms with Gasteiger partial charge in [0.15, 0.2) is 0 Å². The molecule has 96 valence electrons. The number of ether oxygens (including phenoxy) is 1. The maximum absolute atomic E-state index is 5.64. The van der Waals surface area contributed by atoms with Gasteiger partial charge < -0.3 is 10.5 Å². The first-order chi connectivity index (χ1) is 8.38. The van der Waals surface area contributed by atoms with E-state index in [1.54, 1.807) is 6.20 Å². The average molecular weight is 236 g/mol. The van der Waals surface area contributed by atoms with Gasteiger partial charge in [-0.3, -0.25) is 0 Å². The zero-order valence-electron chi connectivity index (χ0n) is 10.8. The molecule has 17 heavy (non-hydrogen) atoms. The number of hydrogen-bond donors (Lipinski definition) is 1. The third kappa shape index (κ3) is 5.68. The highest BCUT2D eigenvalue weighted by molar-refractivity contribution is 5.24. The lowest BCUT2D eigenvalue weighted by Gasteiger charge is -2.08. The second kappa shape index (κ2) is 8.99. The standard InChI is InChI=1S/C14H24N2O/c1-2-3-4-5-6-7-11-17-14-13(12-15)9-8-10-16-14/h8-10H,2-7,11-12,15H2,1H3. The van der Waals surface area contributed by atoms with Gasteiger partial charge in [-0.05, 0) is 12.5 Å². The van der Waals surface area contributed by atoms with Crippen molar-refractivity contribution in [3.63, 3.8) is 0 Å². The van der Waals surface area contributed by atoms with Crippen molar-refractivity contribution in [2.75, 3.05) is 6.61 Å². The van der Waals surface area contributed by atoms with Crippen molar-refractivity contribution in [2.24, 2.45) is 5.73 Å². The fourth-order valence-corrected chi connectivity index (χ4v) is 1.76. The van der Waals surface area contributed by atoms with Crippen molar-refractivity contribution >= 4 is 0 Å². The van der Waals surface area contributed by atoms with Crippen LogP contribution in [0.2, 0.25) is 0 Å².